The molecular weight excluding hydrogens is 436 g/mol. The third-order valence-corrected chi connectivity index (χ3v) is 6.27. The zero-order valence-corrected chi connectivity index (χ0v) is 18.9. The lowest BCUT2D eigenvalue weighted by Crippen LogP contribution is -2.41. The average Bonchev–Trinajstić information content (AvgIpc) is 3.26. The molecule has 1 fully saturated rings. The van der Waals surface area contributed by atoms with Crippen molar-refractivity contribution in [2.24, 2.45) is 0 Å². The number of para-hydroxylation sites is 1. The predicted octanol–water partition coefficient (Wildman–Crippen LogP) is 5.99. The standard InChI is InChI=1S/C27H25ClN2O3/c28-20-9-10-26-24(16-20)25(18-29-26)23(17-27(31)30-11-13-32-14-12-30)19-5-4-8-22(15-19)33-21-6-2-1-3-7-21/h1-10,15-16,18,23,29H,11-14,17H2/t23-/m0/s1. The minimum Gasteiger partial charge on any atom is -0.457 e. The Labute approximate surface area is 197 Å². The predicted molar refractivity (Wildman–Crippen MR) is 130 cm³/mol. The van der Waals surface area contributed by atoms with Gasteiger partial charge in [0.05, 0.1) is 13.2 Å². The minimum atomic E-state index is -0.146. The second-order valence-corrected chi connectivity index (χ2v) is 8.61. The van der Waals surface area contributed by atoms with Crippen molar-refractivity contribution in [3.63, 3.8) is 0 Å². The van der Waals surface area contributed by atoms with Crippen LogP contribution in [0.1, 0.15) is 23.5 Å². The molecule has 0 saturated carbocycles. The number of morpholine rings is 1. The molecule has 0 radical (unpaired) electrons. The van der Waals surface area contributed by atoms with E-state index in [1.54, 1.807) is 0 Å². The number of carbonyl (C=O) groups is 1. The molecule has 0 bridgehead atoms. The lowest BCUT2D eigenvalue weighted by Gasteiger charge is -2.29. The first-order valence-electron chi connectivity index (χ1n) is 11.1. The highest BCUT2D eigenvalue weighted by molar-refractivity contribution is 6.31. The molecule has 5 nitrogen and oxygen atoms in total. The lowest BCUT2D eigenvalue weighted by atomic mass is 9.87. The van der Waals surface area contributed by atoms with Gasteiger partial charge in [-0.15, -0.1) is 0 Å². The van der Waals surface area contributed by atoms with Gasteiger partial charge in [-0.25, -0.2) is 0 Å². The fourth-order valence-corrected chi connectivity index (χ4v) is 4.52. The van der Waals surface area contributed by atoms with Crippen LogP contribution in [0.5, 0.6) is 11.5 Å². The van der Waals surface area contributed by atoms with Crippen molar-refractivity contribution in [2.75, 3.05) is 26.3 Å². The molecule has 1 atom stereocenters. The number of carbonyl (C=O) groups excluding carboxylic acids is 1. The van der Waals surface area contributed by atoms with Crippen molar-refractivity contribution in [1.82, 2.24) is 9.88 Å². The molecule has 168 valence electrons. The number of aromatic nitrogens is 1. The maximum Gasteiger partial charge on any atom is 0.223 e. The summed E-state index contributed by atoms with van der Waals surface area (Å²) in [6, 6.07) is 23.5. The quantitative estimate of drug-likeness (QED) is 0.384. The van der Waals surface area contributed by atoms with E-state index in [-0.39, 0.29) is 11.8 Å². The third-order valence-electron chi connectivity index (χ3n) is 6.03. The summed E-state index contributed by atoms with van der Waals surface area (Å²) in [5.74, 6) is 1.48. The normalized spacial score (nSPS) is 14.9. The fraction of sp³-hybridized carbons (Fsp3) is 0.222. The van der Waals surface area contributed by atoms with Gasteiger partial charge in [-0.1, -0.05) is 41.9 Å². The highest BCUT2D eigenvalue weighted by atomic mass is 35.5. The smallest absolute Gasteiger partial charge is 0.223 e. The molecule has 6 heteroatoms. The monoisotopic (exact) mass is 460 g/mol. The molecule has 1 aliphatic heterocycles. The van der Waals surface area contributed by atoms with Gasteiger partial charge in [0.2, 0.25) is 5.91 Å². The van der Waals surface area contributed by atoms with Crippen LogP contribution in [0.25, 0.3) is 10.9 Å². The summed E-state index contributed by atoms with van der Waals surface area (Å²) in [4.78, 5) is 18.5. The van der Waals surface area contributed by atoms with E-state index in [0.29, 0.717) is 37.7 Å². The van der Waals surface area contributed by atoms with Gasteiger partial charge in [0.1, 0.15) is 11.5 Å². The molecule has 2 heterocycles. The second kappa shape index (κ2) is 9.69. The maximum atomic E-state index is 13.3. The van der Waals surface area contributed by atoms with Crippen LogP contribution in [0.4, 0.5) is 0 Å². The van der Waals surface area contributed by atoms with Crippen LogP contribution < -0.4 is 4.74 Å². The van der Waals surface area contributed by atoms with E-state index in [2.05, 4.69) is 11.1 Å². The van der Waals surface area contributed by atoms with E-state index in [9.17, 15) is 4.79 Å². The molecule has 1 N–H and O–H groups in total. The van der Waals surface area contributed by atoms with Gasteiger partial charge in [0, 0.05) is 47.6 Å². The molecule has 1 aliphatic rings. The third kappa shape index (κ3) is 4.90. The highest BCUT2D eigenvalue weighted by Crippen LogP contribution is 2.37. The Balaban J connectivity index is 1.51. The van der Waals surface area contributed by atoms with Crippen molar-refractivity contribution in [1.29, 1.82) is 0 Å². The summed E-state index contributed by atoms with van der Waals surface area (Å²) in [5.41, 5.74) is 3.06. The number of amides is 1. The zero-order chi connectivity index (χ0) is 22.6. The topological polar surface area (TPSA) is 54.6 Å². The van der Waals surface area contributed by atoms with Crippen molar-refractivity contribution in [2.45, 2.75) is 12.3 Å². The summed E-state index contributed by atoms with van der Waals surface area (Å²) >= 11 is 6.32. The van der Waals surface area contributed by atoms with Crippen LogP contribution in [0.2, 0.25) is 5.02 Å². The molecule has 0 unspecified atom stereocenters. The van der Waals surface area contributed by atoms with Gasteiger partial charge in [-0.2, -0.15) is 0 Å². The number of fused-ring (bicyclic) bond motifs is 1. The molecular formula is C27H25ClN2O3. The van der Waals surface area contributed by atoms with Gasteiger partial charge in [0.25, 0.3) is 0 Å². The summed E-state index contributed by atoms with van der Waals surface area (Å²) in [6.45, 7) is 2.42. The van der Waals surface area contributed by atoms with Crippen LogP contribution in [-0.2, 0) is 9.53 Å². The molecule has 1 amide bonds. The van der Waals surface area contributed by atoms with Gasteiger partial charge < -0.3 is 19.4 Å². The fourth-order valence-electron chi connectivity index (χ4n) is 4.35. The minimum absolute atomic E-state index is 0.119. The van der Waals surface area contributed by atoms with Crippen LogP contribution in [-0.4, -0.2) is 42.1 Å². The van der Waals surface area contributed by atoms with Crippen LogP contribution in [0, 0.1) is 0 Å². The molecule has 3 aromatic carbocycles. The molecule has 33 heavy (non-hydrogen) atoms. The summed E-state index contributed by atoms with van der Waals surface area (Å²) in [6.07, 6.45) is 2.34. The Morgan fingerprint density at radius 2 is 1.79 bits per heavy atom. The van der Waals surface area contributed by atoms with Gasteiger partial charge in [-0.3, -0.25) is 4.79 Å². The van der Waals surface area contributed by atoms with E-state index in [1.807, 2.05) is 77.8 Å². The Hall–Kier alpha value is -3.28. The molecule has 1 saturated heterocycles. The number of rotatable bonds is 6. The number of benzene rings is 3. The lowest BCUT2D eigenvalue weighted by molar-refractivity contribution is -0.135. The number of nitrogens with one attached hydrogen (secondary N) is 1. The number of hydrogen-bond acceptors (Lipinski definition) is 3. The number of halogens is 1. The maximum absolute atomic E-state index is 13.3. The first kappa shape index (κ1) is 21.6. The number of hydrogen-bond donors (Lipinski definition) is 1. The Morgan fingerprint density at radius 3 is 2.61 bits per heavy atom. The molecule has 5 rings (SSSR count). The van der Waals surface area contributed by atoms with Crippen LogP contribution in [0.15, 0.2) is 79.0 Å². The first-order chi connectivity index (χ1) is 16.2. The average molecular weight is 461 g/mol. The van der Waals surface area contributed by atoms with E-state index in [1.165, 1.54) is 0 Å². The SMILES string of the molecule is O=C(C[C@@H](c1cccc(Oc2ccccc2)c1)c1c[nH]c2ccc(Cl)cc12)N1CCOCC1. The van der Waals surface area contributed by atoms with Crippen molar-refractivity contribution < 1.29 is 14.3 Å². The first-order valence-corrected chi connectivity index (χ1v) is 11.5. The summed E-state index contributed by atoms with van der Waals surface area (Å²) in [7, 11) is 0. The van der Waals surface area contributed by atoms with Crippen LogP contribution in [0.3, 0.4) is 0 Å². The number of aromatic amines is 1. The Morgan fingerprint density at radius 1 is 1.00 bits per heavy atom. The van der Waals surface area contributed by atoms with Gasteiger partial charge >= 0.3 is 0 Å². The van der Waals surface area contributed by atoms with Crippen molar-refractivity contribution in [3.8, 4) is 11.5 Å². The zero-order valence-electron chi connectivity index (χ0n) is 18.2. The largest absolute Gasteiger partial charge is 0.457 e. The van der Waals surface area contributed by atoms with Crippen LogP contribution >= 0.6 is 11.6 Å². The molecule has 0 spiro atoms. The summed E-state index contributed by atoms with van der Waals surface area (Å²) in [5, 5.41) is 1.69. The van der Waals surface area contributed by atoms with E-state index < -0.39 is 0 Å². The Kier molecular flexibility index (Phi) is 6.33. The van der Waals surface area contributed by atoms with Gasteiger partial charge in [-0.05, 0) is 53.6 Å². The highest BCUT2D eigenvalue weighted by Gasteiger charge is 2.26. The Bertz CT molecular complexity index is 1250. The molecule has 4 aromatic rings. The summed E-state index contributed by atoms with van der Waals surface area (Å²) < 4.78 is 11.5. The van der Waals surface area contributed by atoms with E-state index in [4.69, 9.17) is 21.1 Å². The van der Waals surface area contributed by atoms with E-state index >= 15 is 0 Å². The molecule has 0 aliphatic carbocycles. The molecule has 1 aromatic heterocycles. The van der Waals surface area contributed by atoms with Crippen molar-refractivity contribution in [3.05, 3.63) is 95.1 Å². The van der Waals surface area contributed by atoms with Crippen molar-refractivity contribution >= 4 is 28.4 Å². The second-order valence-electron chi connectivity index (χ2n) is 8.17. The number of H-pyrrole nitrogens is 1. The van der Waals surface area contributed by atoms with Gasteiger partial charge in [0.15, 0.2) is 0 Å². The number of nitrogens with zero attached hydrogens (tertiary/aromatic N) is 1. The van der Waals surface area contributed by atoms with E-state index in [0.717, 1.165) is 33.5 Å². The number of ether oxygens (including phenoxy) is 2.